The third-order valence-corrected chi connectivity index (χ3v) is 11.0. The summed E-state index contributed by atoms with van der Waals surface area (Å²) in [7, 11) is -3.85. The van der Waals surface area contributed by atoms with Crippen molar-refractivity contribution in [3.63, 3.8) is 0 Å². The van der Waals surface area contributed by atoms with Crippen molar-refractivity contribution in [2.75, 3.05) is 38.0 Å². The summed E-state index contributed by atoms with van der Waals surface area (Å²) >= 11 is 5.29. The zero-order valence-electron chi connectivity index (χ0n) is 26.2. The van der Waals surface area contributed by atoms with Crippen molar-refractivity contribution in [2.24, 2.45) is 11.8 Å². The number of aromatic amines is 1. The number of aliphatic hydroxyl groups is 1. The van der Waals surface area contributed by atoms with Gasteiger partial charge in [-0.2, -0.15) is 4.98 Å². The zero-order valence-corrected chi connectivity index (χ0v) is 32.8. The molecule has 6 N–H and O–H groups in total. The maximum absolute atomic E-state index is 13.8. The van der Waals surface area contributed by atoms with Crippen LogP contribution in [0, 0.1) is 11.8 Å². The number of nitrogens with zero attached hydrogens (tertiary/aromatic N) is 7. The van der Waals surface area contributed by atoms with Gasteiger partial charge in [0.15, 0.2) is 28.9 Å². The van der Waals surface area contributed by atoms with E-state index in [4.69, 9.17) is 50.8 Å². The van der Waals surface area contributed by atoms with Crippen LogP contribution in [0.15, 0.2) is 23.8 Å². The first-order valence-corrected chi connectivity index (χ1v) is 18.5. The number of aliphatic hydroxyl groups excluding tert-OH is 1. The van der Waals surface area contributed by atoms with Gasteiger partial charge in [-0.25, -0.2) is 19.9 Å². The predicted molar refractivity (Wildman–Crippen MR) is 159 cm³/mol. The first kappa shape index (κ1) is 38.3. The van der Waals surface area contributed by atoms with Gasteiger partial charge >= 0.3 is 66.7 Å². The molecule has 25 heteroatoms. The van der Waals surface area contributed by atoms with Crippen LogP contribution in [0.3, 0.4) is 0 Å². The molecule has 248 valence electrons. The van der Waals surface area contributed by atoms with Gasteiger partial charge in [0.2, 0.25) is 5.95 Å². The summed E-state index contributed by atoms with van der Waals surface area (Å²) in [5.41, 5.74) is 11.9. The van der Waals surface area contributed by atoms with E-state index in [2.05, 4.69) is 29.9 Å². The Hall–Kier alpha value is -0.940. The standard InChI is InChI=1S/C23H30N10O10P2S.2Na/c1-9-15-12(41-21(9)32-7-28-13-17(24)26-6-27-18(13)32)5-39-45(37,46)43-16-10(3-34)11(4-38-44(2,36)42-15)40-22(16)33-8-29-14-19(33)30-23(25)31-20(14)35;;/h6-12,15-16,21-22,34H,3-5H2,1-2H3,(H,37,46)(H2,24,26,27)(H3,25,30,31,35);;/q;2*+1/p-1/t9?,10?,11?,12?,15?,16?,21?,22?,44-,45?;;/m0../s1. The summed E-state index contributed by atoms with van der Waals surface area (Å²) < 4.78 is 52.6. The molecule has 4 aromatic heterocycles. The molecule has 3 aliphatic rings. The summed E-state index contributed by atoms with van der Waals surface area (Å²) in [5, 5.41) is 10.4. The van der Waals surface area contributed by atoms with Gasteiger partial charge in [-0.15, -0.1) is 0 Å². The van der Waals surface area contributed by atoms with Crippen molar-refractivity contribution in [1.29, 1.82) is 0 Å². The number of nitrogen functional groups attached to an aromatic ring is 2. The quantitative estimate of drug-likeness (QED) is 0.112. The first-order valence-electron chi connectivity index (χ1n) is 14.0. The van der Waals surface area contributed by atoms with E-state index in [-0.39, 0.29) is 88.7 Å². The number of anilines is 2. The minimum Gasteiger partial charge on any atom is -0.780 e. The van der Waals surface area contributed by atoms with Crippen LogP contribution < -0.4 is 81.0 Å². The molecule has 7 rings (SSSR count). The van der Waals surface area contributed by atoms with Crippen molar-refractivity contribution < 1.29 is 101 Å². The molecule has 0 radical (unpaired) electrons. The van der Waals surface area contributed by atoms with E-state index in [0.717, 1.165) is 0 Å². The molecular weight excluding hydrogens is 716 g/mol. The minimum atomic E-state index is -4.35. The summed E-state index contributed by atoms with van der Waals surface area (Å²) in [5.74, 6) is -1.41. The second kappa shape index (κ2) is 14.6. The number of nitrogens with two attached hydrogens (primary N) is 2. The number of hydrogen-bond donors (Lipinski definition) is 4. The fraction of sp³-hybridized carbons (Fsp3) is 0.565. The van der Waals surface area contributed by atoms with Crippen LogP contribution in [0.5, 0.6) is 0 Å². The molecule has 0 spiro atoms. The van der Waals surface area contributed by atoms with Gasteiger partial charge in [-0.05, 0) is 0 Å². The number of H-pyrrole nitrogens is 1. The first-order chi connectivity index (χ1) is 21.9. The summed E-state index contributed by atoms with van der Waals surface area (Å²) in [6.45, 7) is -2.53. The average Bonchev–Trinajstić information content (AvgIpc) is 3.75. The number of nitrogens with one attached hydrogen (secondary N) is 1. The Kier molecular flexibility index (Phi) is 11.6. The number of imidazole rings is 2. The van der Waals surface area contributed by atoms with E-state index in [1.165, 1.54) is 30.2 Å². The monoisotopic (exact) mass is 745 g/mol. The van der Waals surface area contributed by atoms with Crippen LogP contribution in [-0.2, 0) is 43.9 Å². The third kappa shape index (κ3) is 7.09. The van der Waals surface area contributed by atoms with E-state index in [1.54, 1.807) is 11.5 Å². The molecule has 0 aromatic carbocycles. The van der Waals surface area contributed by atoms with Crippen molar-refractivity contribution in [3.05, 3.63) is 29.3 Å². The molecule has 3 saturated heterocycles. The normalized spacial score (nSPS) is 35.6. The molecule has 20 nitrogen and oxygen atoms in total. The Labute approximate surface area is 321 Å². The van der Waals surface area contributed by atoms with Crippen molar-refractivity contribution in [2.45, 2.75) is 43.8 Å². The molecule has 10 atom stereocenters. The molecular formula is C23H29N10Na2O10P2S+. The Morgan fingerprint density at radius 1 is 1.00 bits per heavy atom. The Bertz CT molecular complexity index is 1970. The molecule has 0 saturated carbocycles. The van der Waals surface area contributed by atoms with E-state index in [9.17, 15) is 19.4 Å². The number of fused-ring (bicyclic) bond motifs is 5. The molecule has 9 unspecified atom stereocenters. The molecule has 0 amide bonds. The molecule has 7 heterocycles. The SMILES string of the molecule is CC1C2O[P@@](C)(=O)OCC3OC(n4cnc5c(=O)[nH]c(N)nc54)C(OP([O-])(=S)OCC2OC1n1cnc2c(N)ncnc21)C3CO.[Na+].[Na+]. The summed E-state index contributed by atoms with van der Waals surface area (Å²) in [6, 6.07) is 0. The van der Waals surface area contributed by atoms with E-state index in [1.807, 2.05) is 0 Å². The van der Waals surface area contributed by atoms with Crippen molar-refractivity contribution >= 4 is 60.2 Å². The fourth-order valence-corrected chi connectivity index (χ4v) is 8.69. The van der Waals surface area contributed by atoms with Crippen molar-refractivity contribution in [1.82, 2.24) is 39.0 Å². The number of ether oxygens (including phenoxy) is 2. The molecule has 2 bridgehead atoms. The average molecular weight is 746 g/mol. The Morgan fingerprint density at radius 2 is 1.67 bits per heavy atom. The summed E-state index contributed by atoms with van der Waals surface area (Å²) in [6.07, 6.45) is -1.97. The maximum atomic E-state index is 13.8. The Morgan fingerprint density at radius 3 is 2.40 bits per heavy atom. The van der Waals surface area contributed by atoms with Crippen LogP contribution in [0.2, 0.25) is 0 Å². The van der Waals surface area contributed by atoms with Crippen LogP contribution in [-0.4, -0.2) is 95.0 Å². The topological polar surface area (TPSA) is 275 Å². The van der Waals surface area contributed by atoms with Gasteiger partial charge in [-0.1, -0.05) is 18.7 Å². The number of hydrogen-bond acceptors (Lipinski definition) is 18. The number of rotatable bonds is 3. The van der Waals surface area contributed by atoms with Gasteiger partial charge in [0.1, 0.15) is 43.1 Å². The number of aromatic nitrogens is 8. The van der Waals surface area contributed by atoms with E-state index < -0.39 is 81.8 Å². The largest absolute Gasteiger partial charge is 1.00 e. The summed E-state index contributed by atoms with van der Waals surface area (Å²) in [4.78, 5) is 49.2. The predicted octanol–water partition coefficient (Wildman–Crippen LogP) is -6.60. The molecule has 3 fully saturated rings. The second-order valence-electron chi connectivity index (χ2n) is 11.1. The van der Waals surface area contributed by atoms with Crippen LogP contribution in [0.4, 0.5) is 11.8 Å². The van der Waals surface area contributed by atoms with Crippen LogP contribution >= 0.6 is 14.3 Å². The maximum Gasteiger partial charge on any atom is 1.00 e. The van der Waals surface area contributed by atoms with E-state index in [0.29, 0.717) is 11.2 Å². The van der Waals surface area contributed by atoms with Gasteiger partial charge in [0.25, 0.3) is 5.56 Å². The molecule has 0 aliphatic carbocycles. The molecule has 3 aliphatic heterocycles. The van der Waals surface area contributed by atoms with E-state index >= 15 is 0 Å². The van der Waals surface area contributed by atoms with Gasteiger partial charge < -0.3 is 49.0 Å². The zero-order chi connectivity index (χ0) is 32.5. The van der Waals surface area contributed by atoms with Gasteiger partial charge in [-0.3, -0.25) is 23.5 Å². The molecule has 48 heavy (non-hydrogen) atoms. The minimum absolute atomic E-state index is 0. The Balaban J connectivity index is 0.00000225. The van der Waals surface area contributed by atoms with Crippen LogP contribution in [0.1, 0.15) is 19.4 Å². The molecule has 4 aromatic rings. The van der Waals surface area contributed by atoms with Crippen LogP contribution in [0.25, 0.3) is 22.3 Å². The smallest absolute Gasteiger partial charge is 0.780 e. The second-order valence-corrected chi connectivity index (χ2v) is 15.9. The van der Waals surface area contributed by atoms with Gasteiger partial charge in [0, 0.05) is 18.5 Å². The third-order valence-electron chi connectivity index (χ3n) is 8.17. The van der Waals surface area contributed by atoms with Crippen molar-refractivity contribution in [3.8, 4) is 0 Å². The van der Waals surface area contributed by atoms with Gasteiger partial charge in [0.05, 0.1) is 38.6 Å². The fourth-order valence-electron chi connectivity index (χ4n) is 6.01.